The number of amides is 3. The lowest BCUT2D eigenvalue weighted by molar-refractivity contribution is -0.135. The number of likely N-dealkylation sites (tertiary alicyclic amines) is 1. The third-order valence-electron chi connectivity index (χ3n) is 6.28. The first kappa shape index (κ1) is 24.8. The minimum atomic E-state index is -0.468. The Morgan fingerprint density at radius 3 is 2.28 bits per heavy atom. The van der Waals surface area contributed by atoms with Crippen LogP contribution in [-0.2, 0) is 9.59 Å². The van der Waals surface area contributed by atoms with Crippen molar-refractivity contribution in [3.8, 4) is 0 Å². The molecule has 0 N–H and O–H groups in total. The minimum Gasteiger partial charge on any atom is -0.342 e. The predicted octanol–water partition coefficient (Wildman–Crippen LogP) is 3.00. The van der Waals surface area contributed by atoms with Gasteiger partial charge in [-0.05, 0) is 51.3 Å². The molecule has 0 aromatic heterocycles. The Balaban J connectivity index is 1.62. The molecule has 1 aromatic rings. The van der Waals surface area contributed by atoms with Gasteiger partial charge in [-0.25, -0.2) is 0 Å². The molecule has 1 aromatic carbocycles. The highest BCUT2D eigenvalue weighted by Crippen LogP contribution is 2.25. The van der Waals surface area contributed by atoms with Gasteiger partial charge in [-0.2, -0.15) is 0 Å². The van der Waals surface area contributed by atoms with Crippen LogP contribution in [-0.4, -0.2) is 95.7 Å². The molecule has 2 aliphatic rings. The second kappa shape index (κ2) is 11.3. The minimum absolute atomic E-state index is 0.0131. The first-order chi connectivity index (χ1) is 15.3. The molecular formula is C23H32Cl2N4O3. The summed E-state index contributed by atoms with van der Waals surface area (Å²) in [6, 6.07) is 4.29. The summed E-state index contributed by atoms with van der Waals surface area (Å²) >= 11 is 12.1. The predicted molar refractivity (Wildman–Crippen MR) is 126 cm³/mol. The normalized spacial score (nSPS) is 19.7. The lowest BCUT2D eigenvalue weighted by atomic mass is 10.1. The van der Waals surface area contributed by atoms with Crippen LogP contribution in [0, 0.1) is 0 Å². The summed E-state index contributed by atoms with van der Waals surface area (Å²) in [5, 5.41) is 0.796. The van der Waals surface area contributed by atoms with E-state index in [4.69, 9.17) is 23.2 Å². The van der Waals surface area contributed by atoms with Gasteiger partial charge in [0.1, 0.15) is 6.04 Å². The quantitative estimate of drug-likeness (QED) is 0.624. The number of likely N-dealkylation sites (N-methyl/N-ethyl adjacent to an activating group) is 1. The summed E-state index contributed by atoms with van der Waals surface area (Å²) in [4.78, 5) is 46.4. The molecule has 3 amide bonds. The maximum atomic E-state index is 13.3. The fourth-order valence-electron chi connectivity index (χ4n) is 4.54. The van der Waals surface area contributed by atoms with Gasteiger partial charge in [-0.3, -0.25) is 19.3 Å². The van der Waals surface area contributed by atoms with Crippen molar-refractivity contribution in [1.82, 2.24) is 19.6 Å². The molecule has 0 radical (unpaired) electrons. The average Bonchev–Trinajstić information content (AvgIpc) is 3.13. The first-order valence-corrected chi connectivity index (χ1v) is 12.2. The Hall–Kier alpha value is -1.83. The van der Waals surface area contributed by atoms with Gasteiger partial charge in [-0.15, -0.1) is 0 Å². The SMILES string of the molecule is CCN(CC)C(=O)CN1CCCN(C(=O)C2CCCN2C(=O)c2cc(Cl)cc(Cl)c2)CC1. The van der Waals surface area contributed by atoms with Gasteiger partial charge < -0.3 is 14.7 Å². The first-order valence-electron chi connectivity index (χ1n) is 11.4. The molecule has 0 spiro atoms. The topological polar surface area (TPSA) is 64.2 Å². The molecule has 3 rings (SSSR count). The molecule has 9 heteroatoms. The summed E-state index contributed by atoms with van der Waals surface area (Å²) in [5.41, 5.74) is 0.402. The van der Waals surface area contributed by atoms with Crippen LogP contribution in [0.5, 0.6) is 0 Å². The number of carbonyl (C=O) groups is 3. The van der Waals surface area contributed by atoms with Crippen LogP contribution in [0.2, 0.25) is 10.0 Å². The standard InChI is InChI=1S/C23H32Cl2N4O3/c1-3-27(4-2)21(30)16-26-8-6-9-28(12-11-26)23(32)20-7-5-10-29(20)22(31)17-13-18(24)15-19(25)14-17/h13-15,20H,3-12,16H2,1-2H3. The lowest BCUT2D eigenvalue weighted by Crippen LogP contribution is -2.49. The monoisotopic (exact) mass is 482 g/mol. The zero-order valence-electron chi connectivity index (χ0n) is 18.9. The van der Waals surface area contributed by atoms with Crippen molar-refractivity contribution in [3.05, 3.63) is 33.8 Å². The maximum Gasteiger partial charge on any atom is 0.254 e. The number of hydrogen-bond donors (Lipinski definition) is 0. The molecule has 2 saturated heterocycles. The Morgan fingerprint density at radius 2 is 1.62 bits per heavy atom. The van der Waals surface area contributed by atoms with Crippen molar-refractivity contribution < 1.29 is 14.4 Å². The number of rotatable bonds is 6. The van der Waals surface area contributed by atoms with Crippen LogP contribution in [0.3, 0.4) is 0 Å². The smallest absolute Gasteiger partial charge is 0.254 e. The van der Waals surface area contributed by atoms with E-state index in [0.29, 0.717) is 67.8 Å². The van der Waals surface area contributed by atoms with Gasteiger partial charge in [-0.1, -0.05) is 23.2 Å². The molecule has 2 heterocycles. The summed E-state index contributed by atoms with van der Waals surface area (Å²) < 4.78 is 0. The maximum absolute atomic E-state index is 13.3. The van der Waals surface area contributed by atoms with Gasteiger partial charge in [0.25, 0.3) is 5.91 Å². The Kier molecular flexibility index (Phi) is 8.79. The number of halogens is 2. The molecule has 2 fully saturated rings. The molecule has 0 bridgehead atoms. The van der Waals surface area contributed by atoms with E-state index < -0.39 is 6.04 Å². The molecule has 2 aliphatic heterocycles. The Bertz CT molecular complexity index is 826. The van der Waals surface area contributed by atoms with Crippen molar-refractivity contribution in [2.45, 2.75) is 39.2 Å². The number of hydrogen-bond acceptors (Lipinski definition) is 4. The van der Waals surface area contributed by atoms with Crippen molar-refractivity contribution in [2.75, 3.05) is 52.4 Å². The van der Waals surface area contributed by atoms with Gasteiger partial charge >= 0.3 is 0 Å². The van der Waals surface area contributed by atoms with E-state index in [2.05, 4.69) is 4.90 Å². The molecule has 0 saturated carbocycles. The Labute approximate surface area is 200 Å². The van der Waals surface area contributed by atoms with E-state index in [1.54, 1.807) is 23.1 Å². The van der Waals surface area contributed by atoms with E-state index in [-0.39, 0.29) is 17.7 Å². The molecule has 0 aliphatic carbocycles. The fourth-order valence-corrected chi connectivity index (χ4v) is 5.06. The van der Waals surface area contributed by atoms with Gasteiger partial charge in [0.05, 0.1) is 6.54 Å². The van der Waals surface area contributed by atoms with Crippen LogP contribution in [0.25, 0.3) is 0 Å². The summed E-state index contributed by atoms with van der Waals surface area (Å²) in [6.45, 7) is 8.93. The van der Waals surface area contributed by atoms with Crippen LogP contribution < -0.4 is 0 Å². The third-order valence-corrected chi connectivity index (χ3v) is 6.72. The van der Waals surface area contributed by atoms with Crippen molar-refractivity contribution in [1.29, 1.82) is 0 Å². The summed E-state index contributed by atoms with van der Waals surface area (Å²) in [5.74, 6) is -0.102. The molecule has 1 unspecified atom stereocenters. The van der Waals surface area contributed by atoms with E-state index in [9.17, 15) is 14.4 Å². The van der Waals surface area contributed by atoms with Gasteiger partial charge in [0.15, 0.2) is 0 Å². The van der Waals surface area contributed by atoms with Crippen molar-refractivity contribution in [2.24, 2.45) is 0 Å². The van der Waals surface area contributed by atoms with Crippen LogP contribution >= 0.6 is 23.2 Å². The zero-order chi connectivity index (χ0) is 23.3. The number of nitrogens with zero attached hydrogens (tertiary/aromatic N) is 4. The van der Waals surface area contributed by atoms with Crippen LogP contribution in [0.1, 0.15) is 43.5 Å². The second-order valence-electron chi connectivity index (χ2n) is 8.34. The van der Waals surface area contributed by atoms with Gasteiger partial charge in [0, 0.05) is 61.4 Å². The van der Waals surface area contributed by atoms with E-state index in [0.717, 1.165) is 19.4 Å². The summed E-state index contributed by atoms with van der Waals surface area (Å²) in [6.07, 6.45) is 2.25. The third kappa shape index (κ3) is 5.94. The highest BCUT2D eigenvalue weighted by molar-refractivity contribution is 6.35. The average molecular weight is 483 g/mol. The molecular weight excluding hydrogens is 451 g/mol. The lowest BCUT2D eigenvalue weighted by Gasteiger charge is -2.30. The molecule has 32 heavy (non-hydrogen) atoms. The van der Waals surface area contributed by atoms with Crippen molar-refractivity contribution >= 4 is 40.9 Å². The van der Waals surface area contributed by atoms with E-state index in [1.165, 1.54) is 0 Å². The molecule has 1 atom stereocenters. The highest BCUT2D eigenvalue weighted by atomic mass is 35.5. The second-order valence-corrected chi connectivity index (χ2v) is 9.21. The Morgan fingerprint density at radius 1 is 0.938 bits per heavy atom. The largest absolute Gasteiger partial charge is 0.342 e. The molecule has 176 valence electrons. The van der Waals surface area contributed by atoms with E-state index in [1.807, 2.05) is 23.6 Å². The van der Waals surface area contributed by atoms with Crippen molar-refractivity contribution in [3.63, 3.8) is 0 Å². The number of carbonyl (C=O) groups excluding carboxylic acids is 3. The highest BCUT2D eigenvalue weighted by Gasteiger charge is 2.37. The summed E-state index contributed by atoms with van der Waals surface area (Å²) in [7, 11) is 0. The van der Waals surface area contributed by atoms with Gasteiger partial charge in [0.2, 0.25) is 11.8 Å². The van der Waals surface area contributed by atoms with Crippen LogP contribution in [0.15, 0.2) is 18.2 Å². The van der Waals surface area contributed by atoms with Crippen LogP contribution in [0.4, 0.5) is 0 Å². The fraction of sp³-hybridized carbons (Fsp3) is 0.609. The van der Waals surface area contributed by atoms with E-state index >= 15 is 0 Å². The zero-order valence-corrected chi connectivity index (χ0v) is 20.4. The molecule has 7 nitrogen and oxygen atoms in total. The number of benzene rings is 1.